The number of halogens is 1. The number of para-hydroxylation sites is 2. The zero-order chi connectivity index (χ0) is 22.1. The second-order valence-corrected chi connectivity index (χ2v) is 9.04. The third-order valence-corrected chi connectivity index (χ3v) is 6.62. The summed E-state index contributed by atoms with van der Waals surface area (Å²) < 4.78 is 15.6. The number of imidazole rings is 1. The molecule has 1 amide bonds. The number of fused-ring (bicyclic) bond motifs is 1. The highest BCUT2D eigenvalue weighted by Gasteiger charge is 2.31. The minimum atomic E-state index is -0.251. The van der Waals surface area contributed by atoms with Gasteiger partial charge in [0.15, 0.2) is 0 Å². The van der Waals surface area contributed by atoms with E-state index in [1.165, 1.54) is 12.1 Å². The van der Waals surface area contributed by atoms with Gasteiger partial charge in [0.1, 0.15) is 11.6 Å². The van der Waals surface area contributed by atoms with Crippen LogP contribution in [-0.4, -0.2) is 64.0 Å². The molecule has 0 spiro atoms. The summed E-state index contributed by atoms with van der Waals surface area (Å²) in [6.07, 6.45) is 1.96. The first-order chi connectivity index (χ1) is 15.6. The fraction of sp³-hybridized carbons (Fsp3) is 0.440. The summed E-state index contributed by atoms with van der Waals surface area (Å²) in [7, 11) is 0. The first kappa shape index (κ1) is 21.1. The Morgan fingerprint density at radius 2 is 1.94 bits per heavy atom. The van der Waals surface area contributed by atoms with Gasteiger partial charge in [0, 0.05) is 37.9 Å². The predicted molar refractivity (Wildman–Crippen MR) is 123 cm³/mol. The lowest BCUT2D eigenvalue weighted by atomic mass is 9.96. The maximum atomic E-state index is 13.5. The van der Waals surface area contributed by atoms with Crippen LogP contribution in [0.1, 0.15) is 25.6 Å². The Labute approximate surface area is 188 Å². The monoisotopic (exact) mass is 435 g/mol. The van der Waals surface area contributed by atoms with Crippen molar-refractivity contribution in [2.45, 2.75) is 32.4 Å². The molecule has 32 heavy (non-hydrogen) atoms. The summed E-state index contributed by atoms with van der Waals surface area (Å²) in [5.74, 6) is 0.994. The number of piperidine rings is 1. The SMILES string of the molecule is C[C@@H]1CN(C(=O)[C@H]2CCCN(Cc3nc4ccccc4n3-c3ccc(F)cc3)C2)CCN1. The maximum absolute atomic E-state index is 13.5. The number of likely N-dealkylation sites (tertiary alicyclic amines) is 1. The zero-order valence-corrected chi connectivity index (χ0v) is 18.5. The van der Waals surface area contributed by atoms with Crippen LogP contribution >= 0.6 is 0 Å². The fourth-order valence-electron chi connectivity index (χ4n) is 5.05. The number of piperazine rings is 1. The molecule has 0 bridgehead atoms. The minimum absolute atomic E-state index is 0.0395. The largest absolute Gasteiger partial charge is 0.340 e. The van der Waals surface area contributed by atoms with Crippen LogP contribution in [0.15, 0.2) is 48.5 Å². The highest BCUT2D eigenvalue weighted by atomic mass is 19.1. The van der Waals surface area contributed by atoms with Gasteiger partial charge < -0.3 is 10.2 Å². The van der Waals surface area contributed by atoms with Crippen LogP contribution in [0, 0.1) is 11.7 Å². The van der Waals surface area contributed by atoms with E-state index in [2.05, 4.69) is 21.7 Å². The number of amides is 1. The summed E-state index contributed by atoms with van der Waals surface area (Å²) in [6, 6.07) is 14.9. The Morgan fingerprint density at radius 3 is 2.75 bits per heavy atom. The summed E-state index contributed by atoms with van der Waals surface area (Å²) >= 11 is 0. The molecule has 2 saturated heterocycles. The highest BCUT2D eigenvalue weighted by Crippen LogP contribution is 2.25. The summed E-state index contributed by atoms with van der Waals surface area (Å²) in [5, 5.41) is 3.41. The lowest BCUT2D eigenvalue weighted by molar-refractivity contribution is -0.138. The zero-order valence-electron chi connectivity index (χ0n) is 18.5. The molecule has 3 heterocycles. The van der Waals surface area contributed by atoms with Crippen molar-refractivity contribution in [1.29, 1.82) is 0 Å². The van der Waals surface area contributed by atoms with E-state index >= 15 is 0 Å². The van der Waals surface area contributed by atoms with Crippen molar-refractivity contribution >= 4 is 16.9 Å². The van der Waals surface area contributed by atoms with E-state index in [4.69, 9.17) is 4.98 Å². The summed E-state index contributed by atoms with van der Waals surface area (Å²) in [6.45, 7) is 6.94. The van der Waals surface area contributed by atoms with Crippen LogP contribution in [0.2, 0.25) is 0 Å². The van der Waals surface area contributed by atoms with Crippen LogP contribution in [-0.2, 0) is 11.3 Å². The Balaban J connectivity index is 1.38. The maximum Gasteiger partial charge on any atom is 0.227 e. The molecule has 0 aliphatic carbocycles. The van der Waals surface area contributed by atoms with E-state index in [1.807, 2.05) is 29.2 Å². The molecule has 2 atom stereocenters. The quantitative estimate of drug-likeness (QED) is 0.684. The molecule has 0 radical (unpaired) electrons. The van der Waals surface area contributed by atoms with Crippen molar-refractivity contribution in [3.05, 3.63) is 60.2 Å². The molecular weight excluding hydrogens is 405 g/mol. The lowest BCUT2D eigenvalue weighted by Gasteiger charge is -2.38. The molecule has 2 aliphatic heterocycles. The van der Waals surface area contributed by atoms with Gasteiger partial charge in [0.05, 0.1) is 23.5 Å². The molecule has 2 fully saturated rings. The molecule has 5 rings (SSSR count). The van der Waals surface area contributed by atoms with Gasteiger partial charge in [-0.05, 0) is 62.7 Å². The summed E-state index contributed by atoms with van der Waals surface area (Å²) in [4.78, 5) is 22.4. The third kappa shape index (κ3) is 4.27. The van der Waals surface area contributed by atoms with Gasteiger partial charge >= 0.3 is 0 Å². The van der Waals surface area contributed by atoms with Gasteiger partial charge in [0.2, 0.25) is 5.91 Å². The van der Waals surface area contributed by atoms with Crippen molar-refractivity contribution in [3.8, 4) is 5.69 Å². The first-order valence-electron chi connectivity index (χ1n) is 11.6. The number of nitrogens with zero attached hydrogens (tertiary/aromatic N) is 4. The van der Waals surface area contributed by atoms with E-state index in [9.17, 15) is 9.18 Å². The van der Waals surface area contributed by atoms with Crippen molar-refractivity contribution in [2.75, 3.05) is 32.7 Å². The molecular formula is C25H30FN5O. The molecule has 0 unspecified atom stereocenters. The molecule has 168 valence electrons. The Hall–Kier alpha value is -2.77. The van der Waals surface area contributed by atoms with Crippen molar-refractivity contribution in [2.24, 2.45) is 5.92 Å². The number of aromatic nitrogens is 2. The fourth-order valence-corrected chi connectivity index (χ4v) is 5.05. The number of carbonyl (C=O) groups is 1. The van der Waals surface area contributed by atoms with E-state index in [0.717, 1.165) is 68.1 Å². The average molecular weight is 436 g/mol. The number of hydrogen-bond donors (Lipinski definition) is 1. The van der Waals surface area contributed by atoms with Crippen LogP contribution in [0.5, 0.6) is 0 Å². The second kappa shape index (κ2) is 9.00. The molecule has 2 aromatic carbocycles. The second-order valence-electron chi connectivity index (χ2n) is 9.04. The van der Waals surface area contributed by atoms with E-state index < -0.39 is 0 Å². The van der Waals surface area contributed by atoms with Crippen molar-refractivity contribution in [1.82, 2.24) is 24.7 Å². The molecule has 1 aromatic heterocycles. The smallest absolute Gasteiger partial charge is 0.227 e. The van der Waals surface area contributed by atoms with Gasteiger partial charge in [-0.1, -0.05) is 12.1 Å². The van der Waals surface area contributed by atoms with Gasteiger partial charge in [0.25, 0.3) is 0 Å². The number of carbonyl (C=O) groups excluding carboxylic acids is 1. The van der Waals surface area contributed by atoms with E-state index in [1.54, 1.807) is 12.1 Å². The van der Waals surface area contributed by atoms with Gasteiger partial charge in [-0.3, -0.25) is 14.3 Å². The Kier molecular flexibility index (Phi) is 5.93. The van der Waals surface area contributed by atoms with Gasteiger partial charge in [-0.2, -0.15) is 0 Å². The van der Waals surface area contributed by atoms with Crippen LogP contribution in [0.25, 0.3) is 16.7 Å². The molecule has 6 nitrogen and oxygen atoms in total. The highest BCUT2D eigenvalue weighted by molar-refractivity contribution is 5.79. The molecule has 0 saturated carbocycles. The van der Waals surface area contributed by atoms with Crippen LogP contribution in [0.3, 0.4) is 0 Å². The number of rotatable bonds is 4. The Morgan fingerprint density at radius 1 is 1.12 bits per heavy atom. The average Bonchev–Trinajstić information content (AvgIpc) is 3.17. The van der Waals surface area contributed by atoms with Crippen molar-refractivity contribution in [3.63, 3.8) is 0 Å². The van der Waals surface area contributed by atoms with E-state index in [0.29, 0.717) is 12.6 Å². The summed E-state index contributed by atoms with van der Waals surface area (Å²) in [5.41, 5.74) is 2.83. The lowest BCUT2D eigenvalue weighted by Crippen LogP contribution is -2.54. The molecule has 3 aromatic rings. The topological polar surface area (TPSA) is 53.4 Å². The standard InChI is InChI=1S/C25H30FN5O/c1-18-15-30(14-12-27-18)25(32)19-5-4-13-29(16-19)17-24-28-22-6-2-3-7-23(22)31(24)21-10-8-20(26)9-11-21/h2-3,6-11,18-19,27H,4-5,12-17H2,1H3/t18-,19+/m1/s1. The number of benzene rings is 2. The first-order valence-corrected chi connectivity index (χ1v) is 11.6. The number of hydrogen-bond acceptors (Lipinski definition) is 4. The van der Waals surface area contributed by atoms with E-state index in [-0.39, 0.29) is 17.6 Å². The molecule has 1 N–H and O–H groups in total. The van der Waals surface area contributed by atoms with Crippen molar-refractivity contribution < 1.29 is 9.18 Å². The molecule has 2 aliphatic rings. The van der Waals surface area contributed by atoms with Crippen LogP contribution < -0.4 is 5.32 Å². The molecule has 7 heteroatoms. The van der Waals surface area contributed by atoms with Gasteiger partial charge in [-0.15, -0.1) is 0 Å². The number of nitrogens with one attached hydrogen (secondary N) is 1. The Bertz CT molecular complexity index is 1100. The third-order valence-electron chi connectivity index (χ3n) is 6.62. The minimum Gasteiger partial charge on any atom is -0.340 e. The predicted octanol–water partition coefficient (Wildman–Crippen LogP) is 3.20. The normalized spacial score (nSPS) is 22.4. The van der Waals surface area contributed by atoms with Gasteiger partial charge in [-0.25, -0.2) is 9.37 Å². The van der Waals surface area contributed by atoms with Crippen LogP contribution in [0.4, 0.5) is 4.39 Å².